The number of benzene rings is 1. The number of ether oxygens (including phenoxy) is 1. The molecule has 152 valence electrons. The van der Waals surface area contributed by atoms with Gasteiger partial charge in [-0.1, -0.05) is 5.16 Å². The van der Waals surface area contributed by atoms with Gasteiger partial charge in [0.15, 0.2) is 23.1 Å². The quantitative estimate of drug-likeness (QED) is 0.651. The number of aromatic nitrogens is 4. The molecule has 1 aromatic carbocycles. The second kappa shape index (κ2) is 7.98. The first-order valence-electron chi connectivity index (χ1n) is 9.18. The molecule has 0 aliphatic carbocycles. The highest BCUT2D eigenvalue weighted by molar-refractivity contribution is 5.92. The number of aryl methyl sites for hydroxylation is 1. The molecule has 2 aromatic heterocycles. The van der Waals surface area contributed by atoms with E-state index in [0.29, 0.717) is 18.8 Å². The Labute approximate surface area is 165 Å². The normalized spacial score (nSPS) is 16.8. The lowest BCUT2D eigenvalue weighted by atomic mass is 9.97. The number of rotatable bonds is 5. The van der Waals surface area contributed by atoms with Crippen molar-refractivity contribution in [1.82, 2.24) is 24.8 Å². The molecule has 8 nitrogen and oxygen atoms in total. The SMILES string of the molecule is Cn1cnnc1[C@H]1CCCN(C(=O)c2cc(COc3ccc(F)c(F)c3)on2)C1. The molecule has 0 N–H and O–H groups in total. The molecule has 4 rings (SSSR count). The summed E-state index contributed by atoms with van der Waals surface area (Å²) in [7, 11) is 1.88. The summed E-state index contributed by atoms with van der Waals surface area (Å²) in [6.45, 7) is 1.09. The van der Waals surface area contributed by atoms with E-state index in [0.717, 1.165) is 30.8 Å². The molecule has 3 heterocycles. The number of nitrogens with zero attached hydrogens (tertiary/aromatic N) is 5. The van der Waals surface area contributed by atoms with E-state index in [1.807, 2.05) is 11.6 Å². The molecule has 1 aliphatic rings. The lowest BCUT2D eigenvalue weighted by Crippen LogP contribution is -2.39. The topological polar surface area (TPSA) is 86.3 Å². The van der Waals surface area contributed by atoms with Gasteiger partial charge in [-0.05, 0) is 25.0 Å². The molecule has 0 spiro atoms. The smallest absolute Gasteiger partial charge is 0.276 e. The van der Waals surface area contributed by atoms with Crippen LogP contribution in [0.5, 0.6) is 5.75 Å². The van der Waals surface area contributed by atoms with E-state index < -0.39 is 11.6 Å². The Bertz CT molecular complexity index is 1020. The first-order valence-corrected chi connectivity index (χ1v) is 9.18. The minimum absolute atomic E-state index is 0.0626. The molecule has 1 atom stereocenters. The summed E-state index contributed by atoms with van der Waals surface area (Å²) in [5.41, 5.74) is 0.174. The highest BCUT2D eigenvalue weighted by Crippen LogP contribution is 2.26. The van der Waals surface area contributed by atoms with Gasteiger partial charge in [0.05, 0.1) is 0 Å². The lowest BCUT2D eigenvalue weighted by molar-refractivity contribution is 0.0692. The average Bonchev–Trinajstić information content (AvgIpc) is 3.37. The van der Waals surface area contributed by atoms with Crippen LogP contribution in [0.3, 0.4) is 0 Å². The average molecular weight is 403 g/mol. The van der Waals surface area contributed by atoms with Crippen molar-refractivity contribution in [3.05, 3.63) is 59.5 Å². The molecule has 0 saturated carbocycles. The van der Waals surface area contributed by atoms with Gasteiger partial charge in [0.1, 0.15) is 24.5 Å². The molecule has 1 saturated heterocycles. The number of hydrogen-bond acceptors (Lipinski definition) is 6. The number of halogens is 2. The van der Waals surface area contributed by atoms with Crippen molar-refractivity contribution >= 4 is 5.91 Å². The third-order valence-electron chi connectivity index (χ3n) is 4.87. The first kappa shape index (κ1) is 19.0. The summed E-state index contributed by atoms with van der Waals surface area (Å²) in [5, 5.41) is 11.9. The van der Waals surface area contributed by atoms with Crippen molar-refractivity contribution in [2.24, 2.45) is 7.05 Å². The van der Waals surface area contributed by atoms with E-state index >= 15 is 0 Å². The van der Waals surface area contributed by atoms with Crippen molar-refractivity contribution in [3.8, 4) is 5.75 Å². The van der Waals surface area contributed by atoms with Crippen molar-refractivity contribution < 1.29 is 22.8 Å². The van der Waals surface area contributed by atoms with Gasteiger partial charge in [0, 0.05) is 38.2 Å². The van der Waals surface area contributed by atoms with E-state index in [2.05, 4.69) is 15.4 Å². The second-order valence-electron chi connectivity index (χ2n) is 6.93. The molecule has 0 unspecified atom stereocenters. The van der Waals surface area contributed by atoms with Crippen LogP contribution in [0.2, 0.25) is 0 Å². The molecular weight excluding hydrogens is 384 g/mol. The standard InChI is InChI=1S/C19H19F2N5O3/c1-25-11-22-23-18(25)12-3-2-6-26(9-12)19(27)17-8-14(29-24-17)10-28-13-4-5-15(20)16(21)7-13/h4-5,7-8,11-12H,2-3,6,9-10H2,1H3/t12-/m0/s1. The molecule has 0 radical (unpaired) electrons. The molecule has 1 fully saturated rings. The van der Waals surface area contributed by atoms with Crippen molar-refractivity contribution in [2.45, 2.75) is 25.4 Å². The van der Waals surface area contributed by atoms with Gasteiger partial charge in [0.25, 0.3) is 5.91 Å². The van der Waals surface area contributed by atoms with Crippen LogP contribution < -0.4 is 4.74 Å². The highest BCUT2D eigenvalue weighted by atomic mass is 19.2. The van der Waals surface area contributed by atoms with Crippen LogP contribution >= 0.6 is 0 Å². The number of carbonyl (C=O) groups is 1. The molecule has 29 heavy (non-hydrogen) atoms. The van der Waals surface area contributed by atoms with E-state index in [-0.39, 0.29) is 29.9 Å². The van der Waals surface area contributed by atoms with Crippen LogP contribution in [0.25, 0.3) is 0 Å². The predicted octanol–water partition coefficient (Wildman–Crippen LogP) is 2.68. The van der Waals surface area contributed by atoms with Crippen molar-refractivity contribution in [2.75, 3.05) is 13.1 Å². The van der Waals surface area contributed by atoms with Gasteiger partial charge in [-0.25, -0.2) is 8.78 Å². The maximum Gasteiger partial charge on any atom is 0.276 e. The zero-order valence-corrected chi connectivity index (χ0v) is 15.7. The van der Waals surface area contributed by atoms with Crippen LogP contribution in [0.4, 0.5) is 8.78 Å². The Hall–Kier alpha value is -3.30. The number of hydrogen-bond donors (Lipinski definition) is 0. The zero-order chi connectivity index (χ0) is 20.4. The Morgan fingerprint density at radius 2 is 2.17 bits per heavy atom. The summed E-state index contributed by atoms with van der Waals surface area (Å²) in [5.74, 6) is -0.772. The third kappa shape index (κ3) is 4.10. The number of piperidine rings is 1. The maximum atomic E-state index is 13.2. The predicted molar refractivity (Wildman–Crippen MR) is 96.1 cm³/mol. The molecule has 0 bridgehead atoms. The van der Waals surface area contributed by atoms with Gasteiger partial charge >= 0.3 is 0 Å². The molecule has 1 amide bonds. The van der Waals surface area contributed by atoms with Crippen molar-refractivity contribution in [1.29, 1.82) is 0 Å². The van der Waals surface area contributed by atoms with Crippen LogP contribution in [0.15, 0.2) is 35.1 Å². The number of amides is 1. The Morgan fingerprint density at radius 3 is 2.93 bits per heavy atom. The van der Waals surface area contributed by atoms with Gasteiger partial charge in [-0.15, -0.1) is 10.2 Å². The Kier molecular flexibility index (Phi) is 5.24. The van der Waals surface area contributed by atoms with Crippen LogP contribution in [0, 0.1) is 11.6 Å². The summed E-state index contributed by atoms with van der Waals surface area (Å²) < 4.78 is 38.6. The van der Waals surface area contributed by atoms with Gasteiger partial charge in [-0.2, -0.15) is 0 Å². The Balaban J connectivity index is 1.38. The van der Waals surface area contributed by atoms with Crippen LogP contribution in [0.1, 0.15) is 40.8 Å². The molecule has 10 heteroatoms. The second-order valence-corrected chi connectivity index (χ2v) is 6.93. The molecule has 1 aliphatic heterocycles. The fourth-order valence-corrected chi connectivity index (χ4v) is 3.40. The van der Waals surface area contributed by atoms with E-state index in [4.69, 9.17) is 9.26 Å². The summed E-state index contributed by atoms with van der Waals surface area (Å²) >= 11 is 0. The van der Waals surface area contributed by atoms with Gasteiger partial charge < -0.3 is 18.7 Å². The minimum atomic E-state index is -1.00. The Morgan fingerprint density at radius 1 is 1.31 bits per heavy atom. The first-order chi connectivity index (χ1) is 14.0. The largest absolute Gasteiger partial charge is 0.485 e. The van der Waals surface area contributed by atoms with Gasteiger partial charge in [-0.3, -0.25) is 4.79 Å². The van der Waals surface area contributed by atoms with E-state index in [1.54, 1.807) is 11.2 Å². The fraction of sp³-hybridized carbons (Fsp3) is 0.368. The fourth-order valence-electron chi connectivity index (χ4n) is 3.40. The lowest BCUT2D eigenvalue weighted by Gasteiger charge is -2.31. The van der Waals surface area contributed by atoms with Crippen LogP contribution in [-0.2, 0) is 13.7 Å². The van der Waals surface area contributed by atoms with Gasteiger partial charge in [0.2, 0.25) is 0 Å². The summed E-state index contributed by atoms with van der Waals surface area (Å²) in [6.07, 6.45) is 3.43. The molecular formula is C19H19F2N5O3. The number of carbonyl (C=O) groups excluding carboxylic acids is 1. The molecule has 3 aromatic rings. The minimum Gasteiger partial charge on any atom is -0.485 e. The van der Waals surface area contributed by atoms with Crippen molar-refractivity contribution in [3.63, 3.8) is 0 Å². The third-order valence-corrected chi connectivity index (χ3v) is 4.87. The highest BCUT2D eigenvalue weighted by Gasteiger charge is 2.29. The van der Waals surface area contributed by atoms with E-state index in [1.165, 1.54) is 12.1 Å². The van der Waals surface area contributed by atoms with E-state index in [9.17, 15) is 13.6 Å². The van der Waals surface area contributed by atoms with Crippen LogP contribution in [-0.4, -0.2) is 43.8 Å². The number of likely N-dealkylation sites (tertiary alicyclic amines) is 1. The maximum absolute atomic E-state index is 13.2. The summed E-state index contributed by atoms with van der Waals surface area (Å²) in [6, 6.07) is 4.72. The summed E-state index contributed by atoms with van der Waals surface area (Å²) in [4.78, 5) is 14.5. The zero-order valence-electron chi connectivity index (χ0n) is 15.7. The monoisotopic (exact) mass is 403 g/mol.